The molecule has 0 aromatic carbocycles. The zero-order valence-corrected chi connectivity index (χ0v) is 11.8. The molecular weight excluding hydrogens is 238 g/mol. The second kappa shape index (κ2) is 8.36. The summed E-state index contributed by atoms with van der Waals surface area (Å²) in [5, 5.41) is 5.24. The molecule has 6 heteroatoms. The summed E-state index contributed by atoms with van der Waals surface area (Å²) in [6.45, 7) is 3.75. The van der Waals surface area contributed by atoms with Gasteiger partial charge in [0, 0.05) is 7.05 Å². The maximum atomic E-state index is 11.8. The number of thioether (sulfide) groups is 1. The van der Waals surface area contributed by atoms with Crippen molar-refractivity contribution >= 4 is 23.6 Å². The van der Waals surface area contributed by atoms with Gasteiger partial charge in [-0.1, -0.05) is 13.8 Å². The summed E-state index contributed by atoms with van der Waals surface area (Å²) >= 11 is 1.64. The molecule has 0 spiro atoms. The Hall–Kier alpha value is -0.750. The molecule has 0 aliphatic carbocycles. The van der Waals surface area contributed by atoms with Gasteiger partial charge in [-0.25, -0.2) is 0 Å². The van der Waals surface area contributed by atoms with Crippen LogP contribution in [0.2, 0.25) is 0 Å². The molecule has 2 unspecified atom stereocenters. The predicted octanol–water partition coefficient (Wildman–Crippen LogP) is -0.0464. The van der Waals surface area contributed by atoms with Crippen molar-refractivity contribution in [3.63, 3.8) is 0 Å². The first-order valence-electron chi connectivity index (χ1n) is 5.70. The third kappa shape index (κ3) is 5.93. The van der Waals surface area contributed by atoms with Crippen molar-refractivity contribution in [2.45, 2.75) is 32.4 Å². The van der Waals surface area contributed by atoms with Gasteiger partial charge in [0.2, 0.25) is 11.8 Å². The van der Waals surface area contributed by atoms with Gasteiger partial charge in [0.1, 0.15) is 6.04 Å². The van der Waals surface area contributed by atoms with Gasteiger partial charge >= 0.3 is 0 Å². The highest BCUT2D eigenvalue weighted by Crippen LogP contribution is 2.03. The molecule has 2 atom stereocenters. The fraction of sp³-hybridized carbons (Fsp3) is 0.818. The van der Waals surface area contributed by atoms with Crippen LogP contribution in [0.4, 0.5) is 0 Å². The van der Waals surface area contributed by atoms with Gasteiger partial charge in [-0.3, -0.25) is 9.59 Å². The van der Waals surface area contributed by atoms with Crippen LogP contribution < -0.4 is 16.4 Å². The highest BCUT2D eigenvalue weighted by Gasteiger charge is 2.23. The summed E-state index contributed by atoms with van der Waals surface area (Å²) < 4.78 is 0. The lowest BCUT2D eigenvalue weighted by atomic mass is 10.0. The molecule has 0 saturated heterocycles. The van der Waals surface area contributed by atoms with Crippen LogP contribution in [0.1, 0.15) is 20.3 Å². The Morgan fingerprint density at radius 2 is 1.88 bits per heavy atom. The van der Waals surface area contributed by atoms with E-state index in [-0.39, 0.29) is 17.7 Å². The van der Waals surface area contributed by atoms with Gasteiger partial charge in [0.15, 0.2) is 0 Å². The standard InChI is InChI=1S/C11H23N3O2S/c1-7(2)9(12)11(16)14-8(5-6-17-4)10(15)13-3/h7-9H,5-6,12H2,1-4H3,(H,13,15)(H,14,16). The molecule has 0 saturated carbocycles. The molecule has 0 bridgehead atoms. The van der Waals surface area contributed by atoms with E-state index < -0.39 is 12.1 Å². The molecule has 0 radical (unpaired) electrons. The van der Waals surface area contributed by atoms with Crippen LogP contribution in [0.3, 0.4) is 0 Å². The maximum Gasteiger partial charge on any atom is 0.242 e. The average molecular weight is 261 g/mol. The van der Waals surface area contributed by atoms with Crippen molar-refractivity contribution in [2.24, 2.45) is 11.7 Å². The van der Waals surface area contributed by atoms with Crippen molar-refractivity contribution in [3.8, 4) is 0 Å². The highest BCUT2D eigenvalue weighted by molar-refractivity contribution is 7.98. The molecule has 0 aliphatic rings. The second-order valence-corrected chi connectivity index (χ2v) is 5.21. The van der Waals surface area contributed by atoms with Gasteiger partial charge in [-0.15, -0.1) is 0 Å². The van der Waals surface area contributed by atoms with E-state index in [9.17, 15) is 9.59 Å². The fourth-order valence-electron chi connectivity index (χ4n) is 1.25. The molecule has 0 aromatic rings. The molecule has 5 nitrogen and oxygen atoms in total. The third-order valence-corrected chi connectivity index (χ3v) is 3.15. The van der Waals surface area contributed by atoms with Gasteiger partial charge in [0.25, 0.3) is 0 Å². The van der Waals surface area contributed by atoms with Crippen molar-refractivity contribution in [1.29, 1.82) is 0 Å². The molecule has 0 aromatic heterocycles. The number of hydrogen-bond donors (Lipinski definition) is 3. The van der Waals surface area contributed by atoms with Crippen LogP contribution in [-0.4, -0.2) is 43.0 Å². The Balaban J connectivity index is 4.41. The lowest BCUT2D eigenvalue weighted by Gasteiger charge is -2.21. The van der Waals surface area contributed by atoms with E-state index in [0.29, 0.717) is 6.42 Å². The van der Waals surface area contributed by atoms with Crippen molar-refractivity contribution in [3.05, 3.63) is 0 Å². The summed E-state index contributed by atoms with van der Waals surface area (Å²) in [6, 6.07) is -1.07. The topological polar surface area (TPSA) is 84.2 Å². The quantitative estimate of drug-likeness (QED) is 0.600. The van der Waals surface area contributed by atoms with Crippen LogP contribution in [0.25, 0.3) is 0 Å². The van der Waals surface area contributed by atoms with Crippen molar-refractivity contribution in [2.75, 3.05) is 19.1 Å². The predicted molar refractivity (Wildman–Crippen MR) is 71.8 cm³/mol. The SMILES string of the molecule is CNC(=O)C(CCSC)NC(=O)C(N)C(C)C. The van der Waals surface area contributed by atoms with E-state index >= 15 is 0 Å². The van der Waals surface area contributed by atoms with Gasteiger partial charge in [0.05, 0.1) is 6.04 Å². The summed E-state index contributed by atoms with van der Waals surface area (Å²) in [4.78, 5) is 23.3. The van der Waals surface area contributed by atoms with Crippen LogP contribution in [0, 0.1) is 5.92 Å². The Bertz CT molecular complexity index is 259. The summed E-state index contributed by atoms with van der Waals surface area (Å²) in [5.74, 6) is 0.425. The molecule has 0 rings (SSSR count). The molecule has 0 fully saturated rings. The summed E-state index contributed by atoms with van der Waals surface area (Å²) in [7, 11) is 1.56. The number of nitrogens with two attached hydrogens (primary N) is 1. The first-order chi connectivity index (χ1) is 7.93. The highest BCUT2D eigenvalue weighted by atomic mass is 32.2. The van der Waals surface area contributed by atoms with Crippen molar-refractivity contribution < 1.29 is 9.59 Å². The zero-order chi connectivity index (χ0) is 13.4. The van der Waals surface area contributed by atoms with E-state index in [1.807, 2.05) is 20.1 Å². The van der Waals surface area contributed by atoms with Crippen LogP contribution in [0.15, 0.2) is 0 Å². The second-order valence-electron chi connectivity index (χ2n) is 4.23. The van der Waals surface area contributed by atoms with E-state index in [2.05, 4.69) is 10.6 Å². The molecular formula is C11H23N3O2S. The van der Waals surface area contributed by atoms with Gasteiger partial charge < -0.3 is 16.4 Å². The minimum Gasteiger partial charge on any atom is -0.357 e. The summed E-state index contributed by atoms with van der Waals surface area (Å²) in [5.41, 5.74) is 5.73. The number of rotatable bonds is 7. The number of hydrogen-bond acceptors (Lipinski definition) is 4. The lowest BCUT2D eigenvalue weighted by Crippen LogP contribution is -2.52. The maximum absolute atomic E-state index is 11.8. The molecule has 2 amide bonds. The zero-order valence-electron chi connectivity index (χ0n) is 10.9. The average Bonchev–Trinajstić information content (AvgIpc) is 2.31. The minimum absolute atomic E-state index is 0.0564. The molecule has 0 heterocycles. The summed E-state index contributed by atoms with van der Waals surface area (Å²) in [6.07, 6.45) is 2.57. The number of carbonyl (C=O) groups is 2. The van der Waals surface area contributed by atoms with Gasteiger partial charge in [-0.05, 0) is 24.3 Å². The van der Waals surface area contributed by atoms with E-state index in [0.717, 1.165) is 5.75 Å². The van der Waals surface area contributed by atoms with Gasteiger partial charge in [-0.2, -0.15) is 11.8 Å². The Morgan fingerprint density at radius 1 is 1.29 bits per heavy atom. The van der Waals surface area contributed by atoms with Crippen LogP contribution >= 0.6 is 11.8 Å². The third-order valence-electron chi connectivity index (χ3n) is 2.51. The van der Waals surface area contributed by atoms with Crippen LogP contribution in [-0.2, 0) is 9.59 Å². The molecule has 17 heavy (non-hydrogen) atoms. The van der Waals surface area contributed by atoms with Crippen molar-refractivity contribution in [1.82, 2.24) is 10.6 Å². The molecule has 100 valence electrons. The first-order valence-corrected chi connectivity index (χ1v) is 7.09. The number of amides is 2. The lowest BCUT2D eigenvalue weighted by molar-refractivity contribution is -0.129. The van der Waals surface area contributed by atoms with E-state index in [1.165, 1.54) is 0 Å². The fourth-order valence-corrected chi connectivity index (χ4v) is 1.72. The number of likely N-dealkylation sites (N-methyl/N-ethyl adjacent to an activating group) is 1. The molecule has 0 aliphatic heterocycles. The minimum atomic E-state index is -0.573. The number of nitrogens with one attached hydrogen (secondary N) is 2. The Morgan fingerprint density at radius 3 is 2.29 bits per heavy atom. The largest absolute Gasteiger partial charge is 0.357 e. The Labute approximate surface area is 107 Å². The first kappa shape index (κ1) is 16.2. The van der Waals surface area contributed by atoms with E-state index in [4.69, 9.17) is 5.73 Å². The monoisotopic (exact) mass is 261 g/mol. The number of carbonyl (C=O) groups excluding carboxylic acids is 2. The Kier molecular flexibility index (Phi) is 7.99. The van der Waals surface area contributed by atoms with E-state index in [1.54, 1.807) is 18.8 Å². The smallest absolute Gasteiger partial charge is 0.242 e. The normalized spacial score (nSPS) is 14.2. The molecule has 4 N–H and O–H groups in total. The van der Waals surface area contributed by atoms with Crippen LogP contribution in [0.5, 0.6) is 0 Å².